The van der Waals surface area contributed by atoms with Gasteiger partial charge in [-0.25, -0.2) is 12.7 Å². The van der Waals surface area contributed by atoms with Crippen molar-refractivity contribution in [3.8, 4) is 0 Å². The number of aromatic nitrogens is 1. The molecule has 19 heavy (non-hydrogen) atoms. The summed E-state index contributed by atoms with van der Waals surface area (Å²) in [7, 11) is -1.78. The fourth-order valence-corrected chi connectivity index (χ4v) is 3.29. The molecule has 0 atom stereocenters. The van der Waals surface area contributed by atoms with Gasteiger partial charge in [0.1, 0.15) is 4.90 Å². The van der Waals surface area contributed by atoms with Gasteiger partial charge in [0.05, 0.1) is 5.88 Å². The Morgan fingerprint density at radius 3 is 2.47 bits per heavy atom. The van der Waals surface area contributed by atoms with Crippen molar-refractivity contribution >= 4 is 21.6 Å². The van der Waals surface area contributed by atoms with Gasteiger partial charge in [0.15, 0.2) is 0 Å². The Morgan fingerprint density at radius 2 is 2.05 bits per heavy atom. The largest absolute Gasteiger partial charge is 0.349 e. The average molecular weight is 307 g/mol. The van der Waals surface area contributed by atoms with Crippen LogP contribution in [0.15, 0.2) is 17.2 Å². The molecule has 0 aliphatic rings. The molecular formula is C13H23ClN2O2S. The van der Waals surface area contributed by atoms with Gasteiger partial charge in [-0.15, -0.1) is 11.6 Å². The molecule has 1 aromatic heterocycles. The van der Waals surface area contributed by atoms with E-state index in [1.165, 1.54) is 4.31 Å². The lowest BCUT2D eigenvalue weighted by molar-refractivity contribution is 0.428. The van der Waals surface area contributed by atoms with Crippen LogP contribution in [0.2, 0.25) is 0 Å². The van der Waals surface area contributed by atoms with Gasteiger partial charge in [-0.3, -0.25) is 0 Å². The number of aryl methyl sites for hydroxylation is 1. The van der Waals surface area contributed by atoms with Gasteiger partial charge in [-0.05, 0) is 25.3 Å². The summed E-state index contributed by atoms with van der Waals surface area (Å²) in [6.07, 6.45) is 2.52. The third kappa shape index (κ3) is 3.97. The summed E-state index contributed by atoms with van der Waals surface area (Å²) >= 11 is 5.83. The van der Waals surface area contributed by atoms with Gasteiger partial charge in [0.25, 0.3) is 0 Å². The third-order valence-electron chi connectivity index (χ3n) is 3.17. The van der Waals surface area contributed by atoms with Crippen LogP contribution in [-0.4, -0.2) is 30.9 Å². The highest BCUT2D eigenvalue weighted by molar-refractivity contribution is 7.89. The molecule has 4 nitrogen and oxygen atoms in total. The highest BCUT2D eigenvalue weighted by atomic mass is 35.5. The lowest BCUT2D eigenvalue weighted by Gasteiger charge is -2.17. The van der Waals surface area contributed by atoms with E-state index >= 15 is 0 Å². The lowest BCUT2D eigenvalue weighted by Crippen LogP contribution is -2.28. The topological polar surface area (TPSA) is 42.3 Å². The van der Waals surface area contributed by atoms with Crippen LogP contribution in [0.25, 0.3) is 0 Å². The van der Waals surface area contributed by atoms with Crippen LogP contribution in [0.1, 0.15) is 32.9 Å². The Bertz CT molecular complexity index is 487. The summed E-state index contributed by atoms with van der Waals surface area (Å²) in [5.41, 5.74) is 0.833. The van der Waals surface area contributed by atoms with Gasteiger partial charge in [0.2, 0.25) is 10.0 Å². The van der Waals surface area contributed by atoms with Gasteiger partial charge < -0.3 is 4.57 Å². The normalized spacial score (nSPS) is 12.6. The molecule has 0 saturated heterocycles. The van der Waals surface area contributed by atoms with E-state index in [0.717, 1.165) is 12.1 Å². The fourth-order valence-electron chi connectivity index (χ4n) is 1.81. The highest BCUT2D eigenvalue weighted by Gasteiger charge is 2.23. The van der Waals surface area contributed by atoms with Crippen molar-refractivity contribution < 1.29 is 8.42 Å². The minimum atomic E-state index is -3.40. The predicted molar refractivity (Wildman–Crippen MR) is 78.9 cm³/mol. The number of rotatable bonds is 7. The summed E-state index contributed by atoms with van der Waals surface area (Å²) in [5.74, 6) is 0.801. The maximum Gasteiger partial charge on any atom is 0.244 e. The minimum Gasteiger partial charge on any atom is -0.349 e. The van der Waals surface area contributed by atoms with Gasteiger partial charge in [-0.2, -0.15) is 0 Å². The molecule has 0 fully saturated rings. The lowest BCUT2D eigenvalue weighted by atomic mass is 10.1. The van der Waals surface area contributed by atoms with E-state index in [1.54, 1.807) is 19.3 Å². The smallest absolute Gasteiger partial charge is 0.244 e. The molecule has 0 spiro atoms. The van der Waals surface area contributed by atoms with E-state index in [0.29, 0.717) is 29.8 Å². The Kier molecular flexibility index (Phi) is 5.89. The van der Waals surface area contributed by atoms with Crippen LogP contribution in [0.5, 0.6) is 0 Å². The van der Waals surface area contributed by atoms with E-state index in [2.05, 4.69) is 13.8 Å². The molecule has 0 aliphatic carbocycles. The number of nitrogens with zero attached hydrogens (tertiary/aromatic N) is 2. The van der Waals surface area contributed by atoms with E-state index in [4.69, 9.17) is 11.6 Å². The first-order valence-corrected chi connectivity index (χ1v) is 8.51. The molecule has 0 radical (unpaired) electrons. The van der Waals surface area contributed by atoms with Crippen molar-refractivity contribution in [1.29, 1.82) is 0 Å². The summed E-state index contributed by atoms with van der Waals surface area (Å²) in [6.45, 7) is 7.38. The maximum atomic E-state index is 12.4. The summed E-state index contributed by atoms with van der Waals surface area (Å²) < 4.78 is 28.1. The number of sulfonamides is 1. The molecule has 1 aromatic rings. The summed E-state index contributed by atoms with van der Waals surface area (Å²) in [5, 5.41) is 0. The zero-order chi connectivity index (χ0) is 14.6. The van der Waals surface area contributed by atoms with Crippen molar-refractivity contribution in [3.63, 3.8) is 0 Å². The Labute approximate surface area is 121 Å². The second-order valence-electron chi connectivity index (χ2n) is 5.10. The number of hydrogen-bond donors (Lipinski definition) is 0. The number of halogens is 1. The zero-order valence-electron chi connectivity index (χ0n) is 12.1. The molecule has 6 heteroatoms. The second-order valence-corrected chi connectivity index (χ2v) is 7.41. The van der Waals surface area contributed by atoms with Crippen molar-refractivity contribution in [2.75, 3.05) is 13.6 Å². The monoisotopic (exact) mass is 306 g/mol. The van der Waals surface area contributed by atoms with Crippen LogP contribution in [0.4, 0.5) is 0 Å². The van der Waals surface area contributed by atoms with Gasteiger partial charge in [0, 0.05) is 32.0 Å². The summed E-state index contributed by atoms with van der Waals surface area (Å²) in [6, 6.07) is 1.66. The van der Waals surface area contributed by atoms with E-state index in [1.807, 2.05) is 11.5 Å². The maximum absolute atomic E-state index is 12.4. The summed E-state index contributed by atoms with van der Waals surface area (Å²) in [4.78, 5) is 0.330. The van der Waals surface area contributed by atoms with Crippen molar-refractivity contribution in [1.82, 2.24) is 8.87 Å². The molecule has 1 rings (SSSR count). The predicted octanol–water partition coefficient (Wildman–Crippen LogP) is 2.91. The Balaban J connectivity index is 2.96. The molecule has 0 bridgehead atoms. The van der Waals surface area contributed by atoms with Crippen molar-refractivity contribution in [2.24, 2.45) is 5.92 Å². The minimum absolute atomic E-state index is 0.319. The van der Waals surface area contributed by atoms with E-state index in [9.17, 15) is 8.42 Å². The van der Waals surface area contributed by atoms with Crippen LogP contribution < -0.4 is 0 Å². The second kappa shape index (κ2) is 6.77. The van der Waals surface area contributed by atoms with Crippen molar-refractivity contribution in [3.05, 3.63) is 18.0 Å². The molecular weight excluding hydrogens is 284 g/mol. The van der Waals surface area contributed by atoms with Crippen LogP contribution in [-0.2, 0) is 22.4 Å². The Hall–Kier alpha value is -0.520. The van der Waals surface area contributed by atoms with Crippen molar-refractivity contribution in [2.45, 2.75) is 44.5 Å². The van der Waals surface area contributed by atoms with Gasteiger partial charge in [-0.1, -0.05) is 13.8 Å². The first-order valence-electron chi connectivity index (χ1n) is 6.54. The van der Waals surface area contributed by atoms with Gasteiger partial charge >= 0.3 is 0 Å². The first-order chi connectivity index (χ1) is 8.82. The molecule has 1 heterocycles. The Morgan fingerprint density at radius 1 is 1.42 bits per heavy atom. The average Bonchev–Trinajstić information content (AvgIpc) is 2.79. The molecule has 0 aromatic carbocycles. The molecule has 0 amide bonds. The zero-order valence-corrected chi connectivity index (χ0v) is 13.6. The number of hydrogen-bond acceptors (Lipinski definition) is 2. The molecule has 0 saturated carbocycles. The van der Waals surface area contributed by atoms with Crippen LogP contribution in [0, 0.1) is 5.92 Å². The van der Waals surface area contributed by atoms with E-state index in [-0.39, 0.29) is 0 Å². The van der Waals surface area contributed by atoms with Crippen LogP contribution in [0.3, 0.4) is 0 Å². The molecule has 0 unspecified atom stereocenters. The SMILES string of the molecule is CCn1cc(S(=O)(=O)N(C)CCC(C)C)cc1CCl. The van der Waals surface area contributed by atoms with Crippen LogP contribution >= 0.6 is 11.6 Å². The number of alkyl halides is 1. The van der Waals surface area contributed by atoms with E-state index < -0.39 is 10.0 Å². The fraction of sp³-hybridized carbons (Fsp3) is 0.692. The standard InChI is InChI=1S/C13H23ClN2O2S/c1-5-16-10-13(8-12(16)9-14)19(17,18)15(4)7-6-11(2)3/h8,10-11H,5-7,9H2,1-4H3. The third-order valence-corrected chi connectivity index (χ3v) is 5.26. The molecule has 110 valence electrons. The molecule has 0 aliphatic heterocycles. The first kappa shape index (κ1) is 16.5. The quantitative estimate of drug-likeness (QED) is 0.727. The highest BCUT2D eigenvalue weighted by Crippen LogP contribution is 2.20. The molecule has 0 N–H and O–H groups in total.